The van der Waals surface area contributed by atoms with Crippen molar-refractivity contribution < 1.29 is 5.11 Å². The van der Waals surface area contributed by atoms with Crippen molar-refractivity contribution in [2.75, 3.05) is 49.6 Å². The summed E-state index contributed by atoms with van der Waals surface area (Å²) in [6.45, 7) is 8.52. The molecule has 0 radical (unpaired) electrons. The maximum atomic E-state index is 10.7. The average Bonchev–Trinajstić information content (AvgIpc) is 3.29. The number of rotatable bonds is 3. The summed E-state index contributed by atoms with van der Waals surface area (Å²) in [6.07, 6.45) is 0. The number of aromatic nitrogens is 2. The van der Waals surface area contributed by atoms with Crippen molar-refractivity contribution in [3.8, 4) is 0 Å². The SMILES string of the molecule is Cc1ccc(N2CC(O)=C(c3nc4ccc(N5CCN(C)CC5)cc4[nH]3)C2=N)cc1C. The van der Waals surface area contributed by atoms with Gasteiger partial charge in [-0.15, -0.1) is 0 Å². The number of aliphatic hydroxyl groups excluding tert-OH is 1. The highest BCUT2D eigenvalue weighted by Crippen LogP contribution is 2.32. The standard InChI is InChI=1S/C24H28N6O/c1-15-4-5-18(12-16(15)2)30-14-21(31)22(23(30)25)24-26-19-7-6-17(13-20(19)27-24)29-10-8-28(3)9-11-29/h4-7,12-13,25,31H,8-11,14H2,1-3H3,(H,26,27). The number of benzene rings is 2. The Kier molecular flexibility index (Phi) is 4.70. The summed E-state index contributed by atoms with van der Waals surface area (Å²) >= 11 is 0. The number of nitrogens with zero attached hydrogens (tertiary/aromatic N) is 4. The summed E-state index contributed by atoms with van der Waals surface area (Å²) in [7, 11) is 2.15. The minimum absolute atomic E-state index is 0.168. The lowest BCUT2D eigenvalue weighted by Gasteiger charge is -2.34. The number of imidazole rings is 1. The Balaban J connectivity index is 1.44. The lowest BCUT2D eigenvalue weighted by molar-refractivity contribution is 0.313. The zero-order valence-corrected chi connectivity index (χ0v) is 18.2. The molecule has 0 atom stereocenters. The second-order valence-electron chi connectivity index (χ2n) is 8.60. The highest BCUT2D eigenvalue weighted by molar-refractivity contribution is 6.30. The number of amidine groups is 1. The summed E-state index contributed by atoms with van der Waals surface area (Å²) in [5.41, 5.74) is 6.68. The van der Waals surface area contributed by atoms with Crippen molar-refractivity contribution in [3.05, 3.63) is 59.1 Å². The van der Waals surface area contributed by atoms with Crippen LogP contribution in [0.5, 0.6) is 0 Å². The van der Waals surface area contributed by atoms with E-state index >= 15 is 0 Å². The Labute approximate surface area is 182 Å². The Morgan fingerprint density at radius 1 is 0.968 bits per heavy atom. The summed E-state index contributed by atoms with van der Waals surface area (Å²) in [5.74, 6) is 0.972. The third kappa shape index (κ3) is 3.45. The third-order valence-corrected chi connectivity index (χ3v) is 6.48. The van der Waals surface area contributed by atoms with E-state index < -0.39 is 0 Å². The predicted molar refractivity (Wildman–Crippen MR) is 126 cm³/mol. The van der Waals surface area contributed by atoms with E-state index in [0.717, 1.165) is 42.9 Å². The van der Waals surface area contributed by atoms with E-state index in [0.29, 0.717) is 11.4 Å². The molecule has 3 N–H and O–H groups in total. The van der Waals surface area contributed by atoms with Gasteiger partial charge in [0.1, 0.15) is 17.4 Å². The Bertz CT molecular complexity index is 1200. The van der Waals surface area contributed by atoms with Gasteiger partial charge in [-0.05, 0) is 62.4 Å². The van der Waals surface area contributed by atoms with Gasteiger partial charge in [0.05, 0.1) is 23.2 Å². The van der Waals surface area contributed by atoms with Crippen LogP contribution in [0.25, 0.3) is 16.6 Å². The number of aryl methyl sites for hydroxylation is 2. The van der Waals surface area contributed by atoms with Crippen LogP contribution in [0, 0.1) is 19.3 Å². The summed E-state index contributed by atoms with van der Waals surface area (Å²) in [5, 5.41) is 19.4. The molecule has 0 aliphatic carbocycles. The molecule has 1 aromatic heterocycles. The van der Waals surface area contributed by atoms with Gasteiger partial charge < -0.3 is 24.8 Å². The van der Waals surface area contributed by atoms with E-state index in [4.69, 9.17) is 5.41 Å². The number of hydrogen-bond donors (Lipinski definition) is 3. The summed E-state index contributed by atoms with van der Waals surface area (Å²) in [6, 6.07) is 12.3. The molecule has 1 saturated heterocycles. The number of anilines is 2. The molecule has 0 bridgehead atoms. The maximum Gasteiger partial charge on any atom is 0.145 e. The van der Waals surface area contributed by atoms with Gasteiger partial charge in [-0.3, -0.25) is 5.41 Å². The molecule has 3 aromatic rings. The second kappa shape index (κ2) is 7.42. The Morgan fingerprint density at radius 2 is 1.71 bits per heavy atom. The summed E-state index contributed by atoms with van der Waals surface area (Å²) < 4.78 is 0. The van der Waals surface area contributed by atoms with E-state index in [1.165, 1.54) is 16.8 Å². The monoisotopic (exact) mass is 416 g/mol. The van der Waals surface area contributed by atoms with Crippen LogP contribution in [-0.2, 0) is 0 Å². The zero-order valence-electron chi connectivity index (χ0n) is 18.2. The molecule has 0 spiro atoms. The molecular formula is C24H28N6O. The lowest BCUT2D eigenvalue weighted by Crippen LogP contribution is -2.44. The second-order valence-corrected chi connectivity index (χ2v) is 8.60. The Hall–Kier alpha value is -3.32. The van der Waals surface area contributed by atoms with Crippen LogP contribution in [0.15, 0.2) is 42.2 Å². The molecule has 31 heavy (non-hydrogen) atoms. The fourth-order valence-corrected chi connectivity index (χ4v) is 4.32. The van der Waals surface area contributed by atoms with E-state index in [1.807, 2.05) is 23.1 Å². The zero-order chi connectivity index (χ0) is 21.7. The van der Waals surface area contributed by atoms with Gasteiger partial charge in [0.25, 0.3) is 0 Å². The molecule has 2 aliphatic heterocycles. The van der Waals surface area contributed by atoms with Crippen molar-refractivity contribution in [1.29, 1.82) is 5.41 Å². The van der Waals surface area contributed by atoms with Crippen LogP contribution in [0.4, 0.5) is 11.4 Å². The van der Waals surface area contributed by atoms with Gasteiger partial charge in [-0.1, -0.05) is 6.07 Å². The van der Waals surface area contributed by atoms with Crippen LogP contribution in [0.3, 0.4) is 0 Å². The van der Waals surface area contributed by atoms with Crippen LogP contribution in [0.2, 0.25) is 0 Å². The highest BCUT2D eigenvalue weighted by Gasteiger charge is 2.31. The number of hydrogen-bond acceptors (Lipinski definition) is 5. The van der Waals surface area contributed by atoms with E-state index in [9.17, 15) is 5.11 Å². The topological polar surface area (TPSA) is 82.5 Å². The molecule has 160 valence electrons. The number of fused-ring (bicyclic) bond motifs is 1. The van der Waals surface area contributed by atoms with E-state index in [1.54, 1.807) is 0 Å². The van der Waals surface area contributed by atoms with Crippen molar-refractivity contribution in [3.63, 3.8) is 0 Å². The fourth-order valence-electron chi connectivity index (χ4n) is 4.32. The normalized spacial score (nSPS) is 18.0. The van der Waals surface area contributed by atoms with Crippen LogP contribution in [0.1, 0.15) is 17.0 Å². The van der Waals surface area contributed by atoms with Gasteiger partial charge >= 0.3 is 0 Å². The number of H-pyrrole nitrogens is 1. The van der Waals surface area contributed by atoms with Crippen LogP contribution >= 0.6 is 0 Å². The molecule has 2 aliphatic rings. The Morgan fingerprint density at radius 3 is 2.45 bits per heavy atom. The van der Waals surface area contributed by atoms with Gasteiger partial charge in [-0.25, -0.2) is 4.98 Å². The van der Waals surface area contributed by atoms with E-state index in [-0.39, 0.29) is 18.1 Å². The van der Waals surface area contributed by atoms with Crippen molar-refractivity contribution in [1.82, 2.24) is 14.9 Å². The first-order chi connectivity index (χ1) is 14.9. The molecule has 0 saturated carbocycles. The molecule has 3 heterocycles. The van der Waals surface area contributed by atoms with Gasteiger partial charge in [-0.2, -0.15) is 0 Å². The quantitative estimate of drug-likeness (QED) is 0.607. The van der Waals surface area contributed by atoms with Crippen LogP contribution in [-0.4, -0.2) is 65.6 Å². The van der Waals surface area contributed by atoms with Crippen molar-refractivity contribution in [2.24, 2.45) is 0 Å². The van der Waals surface area contributed by atoms with Crippen molar-refractivity contribution in [2.45, 2.75) is 13.8 Å². The van der Waals surface area contributed by atoms with Crippen molar-refractivity contribution >= 4 is 33.8 Å². The average molecular weight is 417 g/mol. The largest absolute Gasteiger partial charge is 0.509 e. The summed E-state index contributed by atoms with van der Waals surface area (Å²) in [4.78, 5) is 14.6. The predicted octanol–water partition coefficient (Wildman–Crippen LogP) is 3.70. The number of nitrogens with one attached hydrogen (secondary N) is 2. The lowest BCUT2D eigenvalue weighted by atomic mass is 10.1. The fraction of sp³-hybridized carbons (Fsp3) is 0.333. The first-order valence-electron chi connectivity index (χ1n) is 10.7. The minimum Gasteiger partial charge on any atom is -0.509 e. The highest BCUT2D eigenvalue weighted by atomic mass is 16.3. The smallest absolute Gasteiger partial charge is 0.145 e. The van der Waals surface area contributed by atoms with Gasteiger partial charge in [0.15, 0.2) is 0 Å². The maximum absolute atomic E-state index is 10.7. The molecule has 5 rings (SSSR count). The first kappa shape index (κ1) is 19.6. The molecule has 2 aromatic carbocycles. The third-order valence-electron chi connectivity index (χ3n) is 6.48. The molecule has 0 unspecified atom stereocenters. The number of piperazine rings is 1. The first-order valence-corrected chi connectivity index (χ1v) is 10.7. The molecule has 7 heteroatoms. The number of aliphatic hydroxyl groups is 1. The number of aromatic amines is 1. The number of likely N-dealkylation sites (N-methyl/N-ethyl adjacent to an activating group) is 1. The molecule has 7 nitrogen and oxygen atoms in total. The molecule has 1 fully saturated rings. The molecule has 0 amide bonds. The van der Waals surface area contributed by atoms with Crippen LogP contribution < -0.4 is 9.80 Å². The molecular weight excluding hydrogens is 388 g/mol. The van der Waals surface area contributed by atoms with E-state index in [2.05, 4.69) is 58.9 Å². The van der Waals surface area contributed by atoms with Gasteiger partial charge in [0, 0.05) is 37.6 Å². The minimum atomic E-state index is 0.168. The van der Waals surface area contributed by atoms with Gasteiger partial charge in [0.2, 0.25) is 0 Å².